The Labute approximate surface area is 109 Å². The predicted octanol–water partition coefficient (Wildman–Crippen LogP) is 4.30. The second-order valence-electron chi connectivity index (χ2n) is 4.28. The number of hydrogen-bond acceptors (Lipinski definition) is 2. The maximum atomic E-state index is 12.9. The van der Waals surface area contributed by atoms with Gasteiger partial charge in [-0.05, 0) is 17.7 Å². The number of nitrogens with zero attached hydrogens (tertiary/aromatic N) is 1. The largest absolute Gasteiger partial charge is 0.463 e. The summed E-state index contributed by atoms with van der Waals surface area (Å²) < 4.78 is 18.5. The maximum Gasteiger partial charge on any atom is 0.138 e. The van der Waals surface area contributed by atoms with Gasteiger partial charge in [0.05, 0.1) is 18.8 Å². The zero-order valence-electron chi connectivity index (χ0n) is 10.1. The third-order valence-corrected chi connectivity index (χ3v) is 3.11. The SMILES string of the molecule is N#CCc1cccc2c(-c3ccc(F)cc3)coc12. The van der Waals surface area contributed by atoms with E-state index >= 15 is 0 Å². The van der Waals surface area contributed by atoms with E-state index in [9.17, 15) is 4.39 Å². The van der Waals surface area contributed by atoms with Crippen LogP contribution in [0.1, 0.15) is 5.56 Å². The van der Waals surface area contributed by atoms with Gasteiger partial charge in [-0.2, -0.15) is 5.26 Å². The standard InChI is InChI=1S/C16H10FNO/c17-13-6-4-11(5-7-13)15-10-19-16-12(8-9-18)2-1-3-14(15)16/h1-7,10H,8H2. The van der Waals surface area contributed by atoms with E-state index in [4.69, 9.17) is 9.68 Å². The molecule has 0 unspecified atom stereocenters. The number of benzene rings is 2. The molecule has 0 amide bonds. The van der Waals surface area contributed by atoms with E-state index in [0.717, 1.165) is 27.7 Å². The van der Waals surface area contributed by atoms with Crippen molar-refractivity contribution in [2.75, 3.05) is 0 Å². The number of furan rings is 1. The van der Waals surface area contributed by atoms with Gasteiger partial charge >= 0.3 is 0 Å². The second kappa shape index (κ2) is 4.58. The molecule has 0 bridgehead atoms. The molecule has 3 rings (SSSR count). The third-order valence-electron chi connectivity index (χ3n) is 3.11. The average molecular weight is 251 g/mol. The van der Waals surface area contributed by atoms with Crippen LogP contribution in [0.5, 0.6) is 0 Å². The molecule has 3 aromatic rings. The van der Waals surface area contributed by atoms with Crippen molar-refractivity contribution in [2.45, 2.75) is 6.42 Å². The molecule has 0 aliphatic heterocycles. The molecular formula is C16H10FNO. The lowest BCUT2D eigenvalue weighted by Crippen LogP contribution is -1.82. The Morgan fingerprint density at radius 2 is 1.89 bits per heavy atom. The van der Waals surface area contributed by atoms with Gasteiger partial charge in [0.25, 0.3) is 0 Å². The second-order valence-corrected chi connectivity index (χ2v) is 4.28. The van der Waals surface area contributed by atoms with Crippen LogP contribution in [0.3, 0.4) is 0 Å². The molecule has 0 fully saturated rings. The summed E-state index contributed by atoms with van der Waals surface area (Å²) in [5.41, 5.74) is 3.40. The van der Waals surface area contributed by atoms with Crippen molar-refractivity contribution in [3.05, 3.63) is 60.1 Å². The van der Waals surface area contributed by atoms with Crippen LogP contribution in [-0.2, 0) is 6.42 Å². The molecule has 19 heavy (non-hydrogen) atoms. The zero-order chi connectivity index (χ0) is 13.2. The van der Waals surface area contributed by atoms with Gasteiger partial charge in [-0.1, -0.05) is 30.3 Å². The van der Waals surface area contributed by atoms with Crippen LogP contribution in [0.25, 0.3) is 22.1 Å². The molecule has 0 saturated carbocycles. The third kappa shape index (κ3) is 1.98. The Kier molecular flexibility index (Phi) is 2.77. The Morgan fingerprint density at radius 3 is 2.63 bits per heavy atom. The van der Waals surface area contributed by atoms with Crippen molar-refractivity contribution < 1.29 is 8.81 Å². The van der Waals surface area contributed by atoms with Crippen molar-refractivity contribution in [1.82, 2.24) is 0 Å². The minimum absolute atomic E-state index is 0.262. The Morgan fingerprint density at radius 1 is 1.11 bits per heavy atom. The number of hydrogen-bond donors (Lipinski definition) is 0. The van der Waals surface area contributed by atoms with Gasteiger partial charge in [-0.3, -0.25) is 0 Å². The van der Waals surface area contributed by atoms with Gasteiger partial charge in [0.2, 0.25) is 0 Å². The summed E-state index contributed by atoms with van der Waals surface area (Å²) in [4.78, 5) is 0. The molecular weight excluding hydrogens is 241 g/mol. The molecule has 92 valence electrons. The molecule has 0 aliphatic rings. The van der Waals surface area contributed by atoms with Crippen LogP contribution < -0.4 is 0 Å². The lowest BCUT2D eigenvalue weighted by Gasteiger charge is -1.99. The van der Waals surface area contributed by atoms with Crippen molar-refractivity contribution in [3.63, 3.8) is 0 Å². The van der Waals surface area contributed by atoms with E-state index in [1.165, 1.54) is 12.1 Å². The summed E-state index contributed by atoms with van der Waals surface area (Å²) in [6.07, 6.45) is 1.96. The van der Waals surface area contributed by atoms with Crippen molar-refractivity contribution in [3.8, 4) is 17.2 Å². The highest BCUT2D eigenvalue weighted by Crippen LogP contribution is 2.32. The first kappa shape index (κ1) is 11.5. The Balaban J connectivity index is 2.18. The summed E-state index contributed by atoms with van der Waals surface area (Å²) in [5, 5.41) is 9.74. The van der Waals surface area contributed by atoms with Gasteiger partial charge in [-0.25, -0.2) is 4.39 Å². The number of halogens is 1. The minimum Gasteiger partial charge on any atom is -0.463 e. The molecule has 3 heteroatoms. The first-order valence-corrected chi connectivity index (χ1v) is 5.91. The highest BCUT2D eigenvalue weighted by atomic mass is 19.1. The Bertz CT molecular complexity index is 766. The fourth-order valence-corrected chi connectivity index (χ4v) is 2.19. The van der Waals surface area contributed by atoms with Crippen LogP contribution in [0.15, 0.2) is 53.1 Å². The summed E-state index contributed by atoms with van der Waals surface area (Å²) in [6, 6.07) is 14.1. The van der Waals surface area contributed by atoms with Crippen molar-refractivity contribution in [2.24, 2.45) is 0 Å². The fraction of sp³-hybridized carbons (Fsp3) is 0.0625. The fourth-order valence-electron chi connectivity index (χ4n) is 2.19. The van der Waals surface area contributed by atoms with E-state index < -0.39 is 0 Å². The van der Waals surface area contributed by atoms with Crippen LogP contribution >= 0.6 is 0 Å². The van der Waals surface area contributed by atoms with Crippen LogP contribution in [0, 0.1) is 17.1 Å². The first-order valence-electron chi connectivity index (χ1n) is 5.91. The molecule has 1 heterocycles. The molecule has 0 spiro atoms. The monoisotopic (exact) mass is 251 g/mol. The van der Waals surface area contributed by atoms with Gasteiger partial charge in [0.1, 0.15) is 11.4 Å². The highest BCUT2D eigenvalue weighted by molar-refractivity contribution is 5.95. The normalized spacial score (nSPS) is 10.5. The van der Waals surface area contributed by atoms with Crippen LogP contribution in [0.2, 0.25) is 0 Å². The van der Waals surface area contributed by atoms with E-state index in [2.05, 4.69) is 6.07 Å². The molecule has 0 N–H and O–H groups in total. The molecule has 1 aromatic heterocycles. The lowest BCUT2D eigenvalue weighted by molar-refractivity contribution is 0.613. The summed E-state index contributed by atoms with van der Waals surface area (Å²) in [7, 11) is 0. The number of rotatable bonds is 2. The molecule has 2 nitrogen and oxygen atoms in total. The first-order chi connectivity index (χ1) is 9.29. The highest BCUT2D eigenvalue weighted by Gasteiger charge is 2.11. The molecule has 0 atom stereocenters. The topological polar surface area (TPSA) is 36.9 Å². The Hall–Kier alpha value is -2.60. The predicted molar refractivity (Wildman–Crippen MR) is 70.9 cm³/mol. The van der Waals surface area contributed by atoms with E-state index in [1.807, 2.05) is 18.2 Å². The van der Waals surface area contributed by atoms with Crippen LogP contribution in [0.4, 0.5) is 4.39 Å². The van der Waals surface area contributed by atoms with E-state index in [1.54, 1.807) is 18.4 Å². The van der Waals surface area contributed by atoms with E-state index in [0.29, 0.717) is 6.42 Å². The van der Waals surface area contributed by atoms with Gasteiger partial charge < -0.3 is 4.42 Å². The van der Waals surface area contributed by atoms with Crippen molar-refractivity contribution >= 4 is 11.0 Å². The minimum atomic E-state index is -0.262. The quantitative estimate of drug-likeness (QED) is 0.680. The molecule has 2 aromatic carbocycles. The lowest BCUT2D eigenvalue weighted by atomic mass is 10.0. The maximum absolute atomic E-state index is 12.9. The number of para-hydroxylation sites is 1. The summed E-state index contributed by atoms with van der Waals surface area (Å²) >= 11 is 0. The molecule has 0 aliphatic carbocycles. The van der Waals surface area contributed by atoms with E-state index in [-0.39, 0.29) is 5.82 Å². The molecule has 0 radical (unpaired) electrons. The number of fused-ring (bicyclic) bond motifs is 1. The number of nitriles is 1. The van der Waals surface area contributed by atoms with Gasteiger partial charge in [-0.15, -0.1) is 0 Å². The van der Waals surface area contributed by atoms with Crippen LogP contribution in [-0.4, -0.2) is 0 Å². The smallest absolute Gasteiger partial charge is 0.138 e. The van der Waals surface area contributed by atoms with Gasteiger partial charge in [0.15, 0.2) is 0 Å². The summed E-state index contributed by atoms with van der Waals surface area (Å²) in [6.45, 7) is 0. The van der Waals surface area contributed by atoms with Gasteiger partial charge in [0, 0.05) is 16.5 Å². The molecule has 0 saturated heterocycles. The average Bonchev–Trinajstić information content (AvgIpc) is 2.85. The zero-order valence-corrected chi connectivity index (χ0v) is 10.1. The van der Waals surface area contributed by atoms with Crippen molar-refractivity contribution in [1.29, 1.82) is 5.26 Å². The summed E-state index contributed by atoms with van der Waals surface area (Å²) in [5.74, 6) is -0.262.